The minimum absolute atomic E-state index is 0.00345. The Morgan fingerprint density at radius 3 is 2.81 bits per heavy atom. The van der Waals surface area contributed by atoms with Crippen molar-refractivity contribution in [3.63, 3.8) is 0 Å². The van der Waals surface area contributed by atoms with Gasteiger partial charge in [-0.05, 0) is 37.0 Å². The molecule has 0 spiro atoms. The van der Waals surface area contributed by atoms with Crippen molar-refractivity contribution in [3.8, 4) is 11.8 Å². The minimum atomic E-state index is -3.68. The van der Waals surface area contributed by atoms with Gasteiger partial charge < -0.3 is 5.73 Å². The van der Waals surface area contributed by atoms with Crippen LogP contribution in [0.3, 0.4) is 0 Å². The van der Waals surface area contributed by atoms with E-state index >= 15 is 0 Å². The molecule has 1 aliphatic rings. The predicted molar refractivity (Wildman–Crippen MR) is 79.5 cm³/mol. The topological polar surface area (TPSA) is 72.2 Å². The molecule has 2 rings (SSSR count). The summed E-state index contributed by atoms with van der Waals surface area (Å²) in [5.41, 5.74) is 5.41. The Labute approximate surface area is 125 Å². The Bertz CT molecular complexity index is 658. The van der Waals surface area contributed by atoms with Crippen molar-refractivity contribution in [2.24, 2.45) is 11.7 Å². The van der Waals surface area contributed by atoms with Crippen LogP contribution in [0.2, 0.25) is 0 Å². The molecule has 0 atom stereocenters. The van der Waals surface area contributed by atoms with Gasteiger partial charge >= 0.3 is 0 Å². The van der Waals surface area contributed by atoms with E-state index in [1.54, 1.807) is 0 Å². The summed E-state index contributed by atoms with van der Waals surface area (Å²) < 4.78 is 40.3. The van der Waals surface area contributed by atoms with Crippen molar-refractivity contribution in [2.75, 3.05) is 13.1 Å². The fourth-order valence-electron chi connectivity index (χ4n) is 2.06. The molecule has 21 heavy (non-hydrogen) atoms. The van der Waals surface area contributed by atoms with Crippen molar-refractivity contribution in [2.45, 2.75) is 30.6 Å². The summed E-state index contributed by atoms with van der Waals surface area (Å²) in [4.78, 5) is -0.00345. The van der Waals surface area contributed by atoms with Gasteiger partial charge in [-0.2, -0.15) is 0 Å². The summed E-state index contributed by atoms with van der Waals surface area (Å²) in [5.74, 6) is 5.40. The second-order valence-corrected chi connectivity index (χ2v) is 6.87. The van der Waals surface area contributed by atoms with Crippen LogP contribution in [0, 0.1) is 23.6 Å². The van der Waals surface area contributed by atoms with Gasteiger partial charge in [-0.15, -0.1) is 0 Å². The van der Waals surface area contributed by atoms with Gasteiger partial charge in [0.15, 0.2) is 0 Å². The Hall–Kier alpha value is -1.42. The molecular formula is C15H19FN2O2S. The van der Waals surface area contributed by atoms with Crippen LogP contribution in [-0.4, -0.2) is 21.5 Å². The lowest BCUT2D eigenvalue weighted by atomic mass is 10.2. The van der Waals surface area contributed by atoms with Crippen LogP contribution in [0.25, 0.3) is 0 Å². The molecule has 4 nitrogen and oxygen atoms in total. The number of halogens is 1. The fourth-order valence-corrected chi connectivity index (χ4v) is 3.28. The van der Waals surface area contributed by atoms with Gasteiger partial charge in [0.25, 0.3) is 0 Å². The second-order valence-electron chi connectivity index (χ2n) is 5.13. The van der Waals surface area contributed by atoms with Crippen LogP contribution in [-0.2, 0) is 10.0 Å². The Balaban J connectivity index is 2.09. The fraction of sp³-hybridized carbons (Fsp3) is 0.467. The average molecular weight is 310 g/mol. The minimum Gasteiger partial charge on any atom is -0.320 e. The first kappa shape index (κ1) is 16.0. The summed E-state index contributed by atoms with van der Waals surface area (Å²) in [6.45, 7) is 0.477. The van der Waals surface area contributed by atoms with Crippen LogP contribution in [0.4, 0.5) is 4.39 Å². The van der Waals surface area contributed by atoms with Gasteiger partial charge in [0.05, 0.1) is 11.4 Å². The number of rotatable bonds is 6. The van der Waals surface area contributed by atoms with E-state index in [9.17, 15) is 12.8 Å². The van der Waals surface area contributed by atoms with Gasteiger partial charge in [0, 0.05) is 12.1 Å². The first-order chi connectivity index (χ1) is 10.0. The maximum Gasteiger partial charge on any atom is 0.241 e. The number of sulfonamides is 1. The van der Waals surface area contributed by atoms with Gasteiger partial charge in [-0.1, -0.05) is 24.7 Å². The van der Waals surface area contributed by atoms with E-state index in [1.165, 1.54) is 18.9 Å². The molecule has 0 heterocycles. The van der Waals surface area contributed by atoms with Crippen LogP contribution in [0.1, 0.15) is 31.2 Å². The third-order valence-electron chi connectivity index (χ3n) is 3.33. The van der Waals surface area contributed by atoms with Crippen LogP contribution < -0.4 is 10.5 Å². The molecule has 0 aromatic heterocycles. The first-order valence-corrected chi connectivity index (χ1v) is 8.49. The smallest absolute Gasteiger partial charge is 0.241 e. The number of benzene rings is 1. The highest BCUT2D eigenvalue weighted by Crippen LogP contribution is 2.33. The molecule has 0 saturated heterocycles. The number of nitrogens with two attached hydrogens (primary N) is 1. The van der Waals surface area contributed by atoms with Crippen molar-refractivity contribution in [1.29, 1.82) is 0 Å². The summed E-state index contributed by atoms with van der Waals surface area (Å²) in [5, 5.41) is 0. The molecule has 0 aliphatic heterocycles. The van der Waals surface area contributed by atoms with Crippen molar-refractivity contribution in [3.05, 3.63) is 29.6 Å². The molecule has 0 unspecified atom stereocenters. The summed E-state index contributed by atoms with van der Waals surface area (Å²) in [6, 6.07) is 3.47. The number of nitrogens with one attached hydrogen (secondary N) is 1. The molecule has 1 aromatic carbocycles. The highest BCUT2D eigenvalue weighted by atomic mass is 32.2. The average Bonchev–Trinajstić information content (AvgIpc) is 3.25. The van der Waals surface area contributed by atoms with Gasteiger partial charge in [-0.25, -0.2) is 17.5 Å². The maximum absolute atomic E-state index is 13.3. The predicted octanol–water partition coefficient (Wildman–Crippen LogP) is 1.60. The molecule has 1 aliphatic carbocycles. The Morgan fingerprint density at radius 1 is 1.38 bits per heavy atom. The zero-order valence-electron chi connectivity index (χ0n) is 11.7. The lowest BCUT2D eigenvalue weighted by molar-refractivity contribution is 0.571. The zero-order valence-corrected chi connectivity index (χ0v) is 12.5. The molecule has 114 valence electrons. The lowest BCUT2D eigenvalue weighted by Crippen LogP contribution is -2.25. The zero-order chi connectivity index (χ0) is 15.3. The quantitative estimate of drug-likeness (QED) is 0.619. The monoisotopic (exact) mass is 310 g/mol. The van der Waals surface area contributed by atoms with E-state index in [4.69, 9.17) is 5.73 Å². The van der Waals surface area contributed by atoms with E-state index in [-0.39, 0.29) is 17.0 Å². The molecule has 1 aromatic rings. The lowest BCUT2D eigenvalue weighted by Gasteiger charge is -2.08. The van der Waals surface area contributed by atoms with Gasteiger partial charge in [-0.3, -0.25) is 0 Å². The maximum atomic E-state index is 13.3. The van der Waals surface area contributed by atoms with Gasteiger partial charge in [0.1, 0.15) is 5.82 Å². The Kier molecular flexibility index (Phi) is 5.34. The molecule has 0 amide bonds. The van der Waals surface area contributed by atoms with E-state index in [2.05, 4.69) is 16.6 Å². The van der Waals surface area contributed by atoms with Crippen LogP contribution in [0.15, 0.2) is 23.1 Å². The third-order valence-corrected chi connectivity index (χ3v) is 4.85. The first-order valence-electron chi connectivity index (χ1n) is 7.01. The number of hydrogen-bond donors (Lipinski definition) is 2. The van der Waals surface area contributed by atoms with Gasteiger partial charge in [0.2, 0.25) is 10.0 Å². The standard InChI is InChI=1S/C15H19FN2O2S/c16-14-7-8-15(13(11-14)4-1-9-17)21(19,20)18-10-2-3-12-5-6-12/h7-8,11-12,18H,2-3,5-6,9-10,17H2. The summed E-state index contributed by atoms with van der Waals surface area (Å²) in [7, 11) is -3.68. The van der Waals surface area contributed by atoms with Crippen molar-refractivity contribution in [1.82, 2.24) is 4.72 Å². The second kappa shape index (κ2) is 7.03. The summed E-state index contributed by atoms with van der Waals surface area (Å²) >= 11 is 0. The van der Waals surface area contributed by atoms with E-state index in [0.29, 0.717) is 6.54 Å². The molecule has 3 N–H and O–H groups in total. The molecule has 6 heteroatoms. The number of hydrogen-bond acceptors (Lipinski definition) is 3. The van der Waals surface area contributed by atoms with E-state index < -0.39 is 15.8 Å². The molecule has 1 fully saturated rings. The largest absolute Gasteiger partial charge is 0.320 e. The molecule has 0 bridgehead atoms. The normalized spacial score (nSPS) is 14.6. The SMILES string of the molecule is NCC#Cc1cc(F)ccc1S(=O)(=O)NCCCC1CC1. The summed E-state index contributed by atoms with van der Waals surface area (Å²) in [6.07, 6.45) is 4.37. The third kappa shape index (κ3) is 4.81. The van der Waals surface area contributed by atoms with E-state index in [0.717, 1.165) is 30.9 Å². The van der Waals surface area contributed by atoms with Crippen LogP contribution >= 0.6 is 0 Å². The highest BCUT2D eigenvalue weighted by molar-refractivity contribution is 7.89. The highest BCUT2D eigenvalue weighted by Gasteiger charge is 2.21. The molecule has 1 saturated carbocycles. The van der Waals surface area contributed by atoms with Crippen LogP contribution in [0.5, 0.6) is 0 Å². The van der Waals surface area contributed by atoms with Crippen molar-refractivity contribution >= 4 is 10.0 Å². The molecule has 0 radical (unpaired) electrons. The van der Waals surface area contributed by atoms with E-state index in [1.807, 2.05) is 0 Å². The Morgan fingerprint density at radius 2 is 2.14 bits per heavy atom. The van der Waals surface area contributed by atoms with Crippen molar-refractivity contribution < 1.29 is 12.8 Å². The molecular weight excluding hydrogens is 291 g/mol.